The first-order valence-corrected chi connectivity index (χ1v) is 8.37. The Hall–Kier alpha value is -1.67. The number of carbonyl (C=O) groups is 3. The van der Waals surface area contributed by atoms with E-state index in [1.807, 2.05) is 0 Å². The standard InChI is InChI=1S/C15H24N4O4/c20-12(4-7-18-8-10-23-11-9-18)17-19-13(21)15(16-14(19)22)5-2-1-3-6-15/h1-11H2,(H,16,22)(H,17,20). The number of urea groups is 1. The number of rotatable bonds is 4. The minimum Gasteiger partial charge on any atom is -0.379 e. The Labute approximate surface area is 135 Å². The molecule has 3 rings (SSSR count). The van der Waals surface area contributed by atoms with Gasteiger partial charge in [-0.1, -0.05) is 19.3 Å². The second kappa shape index (κ2) is 6.84. The van der Waals surface area contributed by atoms with Crippen LogP contribution in [0, 0.1) is 0 Å². The van der Waals surface area contributed by atoms with Crippen LogP contribution in [-0.2, 0) is 14.3 Å². The average Bonchev–Trinajstić information content (AvgIpc) is 2.79. The van der Waals surface area contributed by atoms with Crippen molar-refractivity contribution < 1.29 is 19.1 Å². The Morgan fingerprint density at radius 3 is 2.57 bits per heavy atom. The summed E-state index contributed by atoms with van der Waals surface area (Å²) in [5, 5.41) is 3.64. The molecule has 1 spiro atoms. The van der Waals surface area contributed by atoms with E-state index >= 15 is 0 Å². The maximum atomic E-state index is 12.5. The predicted molar refractivity (Wildman–Crippen MR) is 81.2 cm³/mol. The highest BCUT2D eigenvalue weighted by Gasteiger charge is 2.52. The molecule has 4 amide bonds. The fraction of sp³-hybridized carbons (Fsp3) is 0.800. The summed E-state index contributed by atoms with van der Waals surface area (Å²) in [6.45, 7) is 3.57. The van der Waals surface area contributed by atoms with Crippen LogP contribution in [0.1, 0.15) is 38.5 Å². The van der Waals surface area contributed by atoms with E-state index in [2.05, 4.69) is 15.6 Å². The molecule has 0 radical (unpaired) electrons. The SMILES string of the molecule is O=C(CCN1CCOCC1)NN1C(=O)NC2(CCCCC2)C1=O. The molecule has 0 aromatic rings. The third-order valence-corrected chi connectivity index (χ3v) is 4.86. The molecule has 3 fully saturated rings. The third-order valence-electron chi connectivity index (χ3n) is 4.86. The predicted octanol–water partition coefficient (Wildman–Crippen LogP) is -0.00540. The van der Waals surface area contributed by atoms with Gasteiger partial charge in [0.25, 0.3) is 5.91 Å². The smallest absolute Gasteiger partial charge is 0.344 e. The van der Waals surface area contributed by atoms with Crippen molar-refractivity contribution in [1.82, 2.24) is 20.7 Å². The van der Waals surface area contributed by atoms with Crippen LogP contribution in [0.15, 0.2) is 0 Å². The van der Waals surface area contributed by atoms with Gasteiger partial charge < -0.3 is 10.1 Å². The number of morpholine rings is 1. The summed E-state index contributed by atoms with van der Waals surface area (Å²) in [4.78, 5) is 38.8. The molecule has 0 aromatic carbocycles. The second-order valence-corrected chi connectivity index (χ2v) is 6.45. The molecule has 23 heavy (non-hydrogen) atoms. The van der Waals surface area contributed by atoms with E-state index in [-0.39, 0.29) is 18.2 Å². The topological polar surface area (TPSA) is 91.0 Å². The van der Waals surface area contributed by atoms with E-state index in [4.69, 9.17) is 4.74 Å². The monoisotopic (exact) mass is 324 g/mol. The number of amides is 4. The molecule has 2 N–H and O–H groups in total. The molecule has 128 valence electrons. The molecule has 1 aliphatic carbocycles. The van der Waals surface area contributed by atoms with Crippen molar-refractivity contribution in [2.75, 3.05) is 32.8 Å². The molecule has 2 aliphatic heterocycles. The summed E-state index contributed by atoms with van der Waals surface area (Å²) < 4.78 is 5.26. The molecule has 1 saturated carbocycles. The first-order chi connectivity index (χ1) is 11.1. The second-order valence-electron chi connectivity index (χ2n) is 6.45. The van der Waals surface area contributed by atoms with Crippen molar-refractivity contribution >= 4 is 17.8 Å². The number of nitrogens with one attached hydrogen (secondary N) is 2. The van der Waals surface area contributed by atoms with Crippen LogP contribution in [0.3, 0.4) is 0 Å². The van der Waals surface area contributed by atoms with Gasteiger partial charge in [0.1, 0.15) is 5.54 Å². The fourth-order valence-electron chi connectivity index (χ4n) is 3.48. The number of hydrogen-bond acceptors (Lipinski definition) is 5. The fourth-order valence-corrected chi connectivity index (χ4v) is 3.48. The number of hydrazine groups is 1. The Morgan fingerprint density at radius 2 is 1.87 bits per heavy atom. The maximum Gasteiger partial charge on any atom is 0.344 e. The van der Waals surface area contributed by atoms with Crippen molar-refractivity contribution in [3.8, 4) is 0 Å². The Morgan fingerprint density at radius 1 is 1.17 bits per heavy atom. The summed E-state index contributed by atoms with van der Waals surface area (Å²) in [5.74, 6) is -0.630. The Kier molecular flexibility index (Phi) is 4.82. The van der Waals surface area contributed by atoms with Crippen LogP contribution in [0.4, 0.5) is 4.79 Å². The molecule has 0 unspecified atom stereocenters. The van der Waals surface area contributed by atoms with Gasteiger partial charge in [0.05, 0.1) is 13.2 Å². The average molecular weight is 324 g/mol. The summed E-state index contributed by atoms with van der Waals surface area (Å²) in [6.07, 6.45) is 4.48. The van der Waals surface area contributed by atoms with Crippen molar-refractivity contribution in [2.45, 2.75) is 44.1 Å². The van der Waals surface area contributed by atoms with Crippen LogP contribution in [0.25, 0.3) is 0 Å². The lowest BCUT2D eigenvalue weighted by atomic mass is 9.82. The van der Waals surface area contributed by atoms with Crippen LogP contribution in [0.5, 0.6) is 0 Å². The highest BCUT2D eigenvalue weighted by molar-refractivity contribution is 6.07. The largest absolute Gasteiger partial charge is 0.379 e. The summed E-state index contributed by atoms with van der Waals surface area (Å²) in [7, 11) is 0. The van der Waals surface area contributed by atoms with Crippen molar-refractivity contribution in [1.29, 1.82) is 0 Å². The van der Waals surface area contributed by atoms with E-state index in [0.717, 1.165) is 37.4 Å². The molecule has 0 aromatic heterocycles. The Balaban J connectivity index is 1.51. The summed E-state index contributed by atoms with van der Waals surface area (Å²) in [5.41, 5.74) is 1.67. The van der Waals surface area contributed by atoms with Crippen LogP contribution in [0.2, 0.25) is 0 Å². The summed E-state index contributed by atoms with van der Waals surface area (Å²) in [6, 6.07) is -0.517. The quantitative estimate of drug-likeness (QED) is 0.710. The Bertz CT molecular complexity index is 484. The molecule has 8 nitrogen and oxygen atoms in total. The van der Waals surface area contributed by atoms with Gasteiger partial charge >= 0.3 is 6.03 Å². The lowest BCUT2D eigenvalue weighted by Crippen LogP contribution is -2.51. The number of hydrogen-bond donors (Lipinski definition) is 2. The van der Waals surface area contributed by atoms with Crippen molar-refractivity contribution in [2.24, 2.45) is 0 Å². The van der Waals surface area contributed by atoms with Crippen LogP contribution >= 0.6 is 0 Å². The van der Waals surface area contributed by atoms with Crippen molar-refractivity contribution in [3.05, 3.63) is 0 Å². The first-order valence-electron chi connectivity index (χ1n) is 8.37. The van der Waals surface area contributed by atoms with Gasteiger partial charge in [0.15, 0.2) is 0 Å². The van der Waals surface area contributed by atoms with E-state index in [9.17, 15) is 14.4 Å². The third kappa shape index (κ3) is 3.48. The van der Waals surface area contributed by atoms with Gasteiger partial charge in [-0.2, -0.15) is 5.01 Å². The van der Waals surface area contributed by atoms with Gasteiger partial charge in [-0.25, -0.2) is 4.79 Å². The first kappa shape index (κ1) is 16.2. The lowest BCUT2D eigenvalue weighted by Gasteiger charge is -2.30. The van der Waals surface area contributed by atoms with Gasteiger partial charge in [-0.05, 0) is 12.8 Å². The molecule has 2 heterocycles. The number of carbonyl (C=O) groups excluding carboxylic acids is 3. The van der Waals surface area contributed by atoms with Gasteiger partial charge in [0.2, 0.25) is 5.91 Å². The normalized spacial score (nSPS) is 24.8. The van der Waals surface area contributed by atoms with E-state index in [1.54, 1.807) is 0 Å². The minimum atomic E-state index is -0.799. The minimum absolute atomic E-state index is 0.254. The van der Waals surface area contributed by atoms with E-state index in [1.165, 1.54) is 0 Å². The lowest BCUT2D eigenvalue weighted by molar-refractivity contribution is -0.140. The zero-order valence-corrected chi connectivity index (χ0v) is 13.3. The van der Waals surface area contributed by atoms with Gasteiger partial charge in [0, 0.05) is 26.1 Å². The molecular weight excluding hydrogens is 300 g/mol. The molecule has 3 aliphatic rings. The molecular formula is C15H24N4O4. The van der Waals surface area contributed by atoms with Gasteiger partial charge in [-0.15, -0.1) is 0 Å². The van der Waals surface area contributed by atoms with Gasteiger partial charge in [-0.3, -0.25) is 19.9 Å². The van der Waals surface area contributed by atoms with E-state index < -0.39 is 11.6 Å². The summed E-state index contributed by atoms with van der Waals surface area (Å²) >= 11 is 0. The zero-order chi connectivity index (χ0) is 16.3. The van der Waals surface area contributed by atoms with Crippen LogP contribution in [-0.4, -0.2) is 66.1 Å². The molecule has 0 atom stereocenters. The highest BCUT2D eigenvalue weighted by atomic mass is 16.5. The number of ether oxygens (including phenoxy) is 1. The maximum absolute atomic E-state index is 12.5. The zero-order valence-electron chi connectivity index (χ0n) is 13.3. The number of imide groups is 1. The van der Waals surface area contributed by atoms with Crippen molar-refractivity contribution in [3.63, 3.8) is 0 Å². The van der Waals surface area contributed by atoms with E-state index in [0.29, 0.717) is 32.6 Å². The molecule has 0 bridgehead atoms. The molecule has 8 heteroatoms. The highest BCUT2D eigenvalue weighted by Crippen LogP contribution is 2.32. The molecule has 2 saturated heterocycles. The number of nitrogens with zero attached hydrogens (tertiary/aromatic N) is 2. The van der Waals surface area contributed by atoms with Crippen LogP contribution < -0.4 is 10.7 Å².